The van der Waals surface area contributed by atoms with E-state index < -0.39 is 0 Å². The fraction of sp³-hybridized carbons (Fsp3) is 0.923. The highest BCUT2D eigenvalue weighted by molar-refractivity contribution is 6.15. The van der Waals surface area contributed by atoms with Crippen LogP contribution in [0.3, 0.4) is 0 Å². The summed E-state index contributed by atoms with van der Waals surface area (Å²) in [6.45, 7) is 0. The van der Waals surface area contributed by atoms with Gasteiger partial charge in [-0.1, -0.05) is 19.3 Å². The van der Waals surface area contributed by atoms with Crippen molar-refractivity contribution < 1.29 is 0 Å². The second-order valence-corrected chi connectivity index (χ2v) is 6.07. The molecule has 0 aromatic rings. The van der Waals surface area contributed by atoms with Gasteiger partial charge in [0.15, 0.2) is 0 Å². The lowest BCUT2D eigenvalue weighted by Crippen LogP contribution is -2.60. The van der Waals surface area contributed by atoms with Crippen LogP contribution in [0.4, 0.5) is 0 Å². The van der Waals surface area contributed by atoms with E-state index in [9.17, 15) is 0 Å². The lowest BCUT2D eigenvalue weighted by Gasteiger charge is -2.49. The Bertz CT molecular complexity index is 301. The van der Waals surface area contributed by atoms with Crippen molar-refractivity contribution in [3.05, 3.63) is 0 Å². The highest BCUT2D eigenvalue weighted by Gasteiger charge is 2.41. The number of nitrogens with two attached hydrogens (primary N) is 1. The maximum atomic E-state index is 6.58. The molecule has 0 aromatic carbocycles. The van der Waals surface area contributed by atoms with Crippen LogP contribution in [-0.4, -0.2) is 44.2 Å². The third-order valence-electron chi connectivity index (χ3n) is 4.87. The number of aliphatic imine (C=N–C) groups is 1. The molecule has 2 N–H and O–H groups in total. The van der Waals surface area contributed by atoms with Gasteiger partial charge in [-0.3, -0.25) is 4.99 Å². The Morgan fingerprint density at radius 3 is 2.82 bits per heavy atom. The van der Waals surface area contributed by atoms with Crippen molar-refractivity contribution >= 4 is 13.7 Å². The lowest BCUT2D eigenvalue weighted by atomic mass is 9.59. The third kappa shape index (κ3) is 2.52. The predicted octanol–water partition coefficient (Wildman–Crippen LogP) is 0.977. The monoisotopic (exact) mass is 235 g/mol. The van der Waals surface area contributed by atoms with Crippen molar-refractivity contribution in [2.45, 2.75) is 56.4 Å². The summed E-state index contributed by atoms with van der Waals surface area (Å²) in [6, 6.07) is 0.609. The van der Waals surface area contributed by atoms with Crippen molar-refractivity contribution in [1.29, 1.82) is 0 Å². The molecule has 1 saturated heterocycles. The molecule has 0 aromatic heterocycles. The zero-order valence-corrected chi connectivity index (χ0v) is 11.6. The van der Waals surface area contributed by atoms with Crippen molar-refractivity contribution in [2.24, 2.45) is 16.6 Å². The smallest absolute Gasteiger partial charge is 0.127 e. The number of hydrogen-bond donors (Lipinski definition) is 1. The number of likely N-dealkylation sites (tertiary alicyclic amines) is 1. The zero-order valence-electron chi connectivity index (χ0n) is 11.6. The van der Waals surface area contributed by atoms with Crippen LogP contribution in [0.1, 0.15) is 44.9 Å². The zero-order chi connectivity index (χ0) is 12.5. The van der Waals surface area contributed by atoms with Crippen molar-refractivity contribution in [3.8, 4) is 0 Å². The minimum Gasteiger partial charge on any atom is -0.360 e. The van der Waals surface area contributed by atoms with E-state index in [1.54, 1.807) is 0 Å². The van der Waals surface area contributed by atoms with Crippen molar-refractivity contribution in [1.82, 2.24) is 4.90 Å². The summed E-state index contributed by atoms with van der Waals surface area (Å²) in [7, 11) is 6.38. The Labute approximate surface area is 106 Å². The van der Waals surface area contributed by atoms with Crippen LogP contribution in [0, 0.1) is 5.92 Å². The van der Waals surface area contributed by atoms with Gasteiger partial charge in [0.2, 0.25) is 0 Å². The maximum absolute atomic E-state index is 6.58. The van der Waals surface area contributed by atoms with Crippen LogP contribution in [0.15, 0.2) is 4.99 Å². The van der Waals surface area contributed by atoms with Gasteiger partial charge in [0.25, 0.3) is 0 Å². The first kappa shape index (κ1) is 12.9. The normalized spacial score (nSPS) is 41.8. The average Bonchev–Trinajstić information content (AvgIpc) is 2.28. The fourth-order valence-corrected chi connectivity index (χ4v) is 3.77. The molecular formula is C13H26BN3. The largest absolute Gasteiger partial charge is 0.360 e. The summed E-state index contributed by atoms with van der Waals surface area (Å²) in [5.74, 6) is 1.90. The molecule has 17 heavy (non-hydrogen) atoms. The molecule has 3 nitrogen and oxygen atoms in total. The molecule has 2 rings (SSSR count). The Hall–Kier alpha value is -0.505. The highest BCUT2D eigenvalue weighted by atomic mass is 15.2. The standard InChI is InChI=1S/C13H26BN3/c1-16-12-8-7-10-11(17(12)2)6-4-3-5-9-13(10,14)15/h10-11H,3-9,14-15H2,1-2H3/b16-12-. The molecule has 96 valence electrons. The van der Waals surface area contributed by atoms with Gasteiger partial charge in [-0.25, -0.2) is 0 Å². The average molecular weight is 235 g/mol. The van der Waals surface area contributed by atoms with Gasteiger partial charge in [-0.05, 0) is 30.6 Å². The summed E-state index contributed by atoms with van der Waals surface area (Å²) in [6.07, 6.45) is 8.76. The Morgan fingerprint density at radius 1 is 1.35 bits per heavy atom. The molecule has 0 amide bonds. The summed E-state index contributed by atoms with van der Waals surface area (Å²) >= 11 is 0. The first-order chi connectivity index (χ1) is 8.06. The number of piperidine rings is 1. The first-order valence-corrected chi connectivity index (χ1v) is 7.03. The Balaban J connectivity index is 2.21. The van der Waals surface area contributed by atoms with E-state index in [1.807, 2.05) is 7.05 Å². The van der Waals surface area contributed by atoms with Crippen molar-refractivity contribution in [3.63, 3.8) is 0 Å². The second kappa shape index (κ2) is 5.01. The van der Waals surface area contributed by atoms with Crippen LogP contribution in [0.2, 0.25) is 0 Å². The van der Waals surface area contributed by atoms with Gasteiger partial charge < -0.3 is 10.6 Å². The summed E-state index contributed by atoms with van der Waals surface area (Å²) in [4.78, 5) is 6.83. The molecule has 1 aliphatic carbocycles. The number of fused-ring (bicyclic) bond motifs is 1. The molecular weight excluding hydrogens is 209 g/mol. The molecule has 4 heteroatoms. The van der Waals surface area contributed by atoms with Gasteiger partial charge in [0.1, 0.15) is 7.85 Å². The van der Waals surface area contributed by atoms with Gasteiger partial charge in [0.05, 0.1) is 5.84 Å². The minimum absolute atomic E-state index is 0.0125. The van der Waals surface area contributed by atoms with Crippen LogP contribution in [0.5, 0.6) is 0 Å². The van der Waals surface area contributed by atoms with E-state index in [4.69, 9.17) is 5.73 Å². The number of nitrogens with zero attached hydrogens (tertiary/aromatic N) is 2. The summed E-state index contributed by atoms with van der Waals surface area (Å²) in [5.41, 5.74) is 6.60. The first-order valence-electron chi connectivity index (χ1n) is 7.03. The fourth-order valence-electron chi connectivity index (χ4n) is 3.77. The molecule has 3 unspecified atom stereocenters. The van der Waals surface area contributed by atoms with E-state index in [-0.39, 0.29) is 5.44 Å². The second-order valence-electron chi connectivity index (χ2n) is 6.07. The SMILES string of the molecule is BC1(N)CCCCCC2C1CC/C(=N/C)N2C. The molecule has 0 radical (unpaired) electrons. The Morgan fingerprint density at radius 2 is 2.12 bits per heavy atom. The van der Waals surface area contributed by atoms with Crippen LogP contribution < -0.4 is 5.73 Å². The van der Waals surface area contributed by atoms with Gasteiger partial charge >= 0.3 is 0 Å². The molecule has 2 fully saturated rings. The van der Waals surface area contributed by atoms with E-state index in [0.717, 1.165) is 6.42 Å². The van der Waals surface area contributed by atoms with Gasteiger partial charge in [-0.2, -0.15) is 0 Å². The predicted molar refractivity (Wildman–Crippen MR) is 76.2 cm³/mol. The van der Waals surface area contributed by atoms with E-state index in [2.05, 4.69) is 24.8 Å². The van der Waals surface area contributed by atoms with Gasteiger partial charge in [0, 0.05) is 26.6 Å². The van der Waals surface area contributed by atoms with Gasteiger partial charge in [-0.15, -0.1) is 0 Å². The molecule has 1 saturated carbocycles. The maximum Gasteiger partial charge on any atom is 0.127 e. The van der Waals surface area contributed by atoms with E-state index >= 15 is 0 Å². The Kier molecular flexibility index (Phi) is 3.81. The summed E-state index contributed by atoms with van der Waals surface area (Å²) < 4.78 is 0. The number of rotatable bonds is 0. The molecule has 0 bridgehead atoms. The van der Waals surface area contributed by atoms with Crippen molar-refractivity contribution in [2.75, 3.05) is 14.1 Å². The van der Waals surface area contributed by atoms with Crippen LogP contribution in [0.25, 0.3) is 0 Å². The minimum atomic E-state index is 0.0125. The number of hydrogen-bond acceptors (Lipinski definition) is 2. The van der Waals surface area contributed by atoms with Crippen LogP contribution in [-0.2, 0) is 0 Å². The number of amidine groups is 1. The molecule has 1 aliphatic heterocycles. The molecule has 0 spiro atoms. The summed E-state index contributed by atoms with van der Waals surface area (Å²) in [5, 5.41) is 0. The van der Waals surface area contributed by atoms with E-state index in [1.165, 1.54) is 44.4 Å². The van der Waals surface area contributed by atoms with E-state index in [0.29, 0.717) is 12.0 Å². The third-order valence-corrected chi connectivity index (χ3v) is 4.87. The molecule has 3 atom stereocenters. The molecule has 2 aliphatic rings. The quantitative estimate of drug-likeness (QED) is 0.636. The topological polar surface area (TPSA) is 41.6 Å². The lowest BCUT2D eigenvalue weighted by molar-refractivity contribution is 0.141. The molecule has 1 heterocycles. The van der Waals surface area contributed by atoms with Crippen LogP contribution >= 0.6 is 0 Å². The highest BCUT2D eigenvalue weighted by Crippen LogP contribution is 2.37.